The van der Waals surface area contributed by atoms with Crippen LogP contribution >= 0.6 is 23.2 Å². The van der Waals surface area contributed by atoms with Crippen LogP contribution in [0.5, 0.6) is 5.75 Å². The van der Waals surface area contributed by atoms with E-state index in [2.05, 4.69) is 10.5 Å². The van der Waals surface area contributed by atoms with Gasteiger partial charge in [-0.2, -0.15) is 5.10 Å². The average molecular weight is 387 g/mol. The normalized spacial score (nSPS) is 20.6. The van der Waals surface area contributed by atoms with Crippen LogP contribution < -0.4 is 10.2 Å². The van der Waals surface area contributed by atoms with Gasteiger partial charge >= 0.3 is 0 Å². The molecule has 1 heterocycles. The van der Waals surface area contributed by atoms with E-state index < -0.39 is 0 Å². The van der Waals surface area contributed by atoms with E-state index in [0.717, 1.165) is 17.6 Å². The predicted molar refractivity (Wildman–Crippen MR) is 101 cm³/mol. The Morgan fingerprint density at radius 1 is 1.40 bits per heavy atom. The summed E-state index contributed by atoms with van der Waals surface area (Å²) in [6, 6.07) is 3.29. The van der Waals surface area contributed by atoms with Gasteiger partial charge in [-0.1, -0.05) is 44.0 Å². The van der Waals surface area contributed by atoms with Crippen LogP contribution in [0.4, 0.5) is 0 Å². The first-order valence-corrected chi connectivity index (χ1v) is 9.04. The van der Waals surface area contributed by atoms with E-state index in [1.54, 1.807) is 12.1 Å². The third-order valence-electron chi connectivity index (χ3n) is 4.28. The van der Waals surface area contributed by atoms with Gasteiger partial charge in [0.2, 0.25) is 0 Å². The zero-order valence-electron chi connectivity index (χ0n) is 14.7. The molecule has 0 fully saturated rings. The SMILES string of the molecule is CC1CC(C=O)NN=C1c1cc(Cl)c(OCC(C)(C)CCO)c(Cl)c1. The number of hydrogen-bond acceptors (Lipinski definition) is 5. The summed E-state index contributed by atoms with van der Waals surface area (Å²) >= 11 is 12.7. The Labute approximate surface area is 158 Å². The molecule has 0 saturated carbocycles. The average Bonchev–Trinajstić information content (AvgIpc) is 2.53. The molecule has 0 saturated heterocycles. The molecule has 1 aromatic carbocycles. The highest BCUT2D eigenvalue weighted by Gasteiger charge is 2.25. The second-order valence-corrected chi connectivity index (χ2v) is 8.02. The minimum Gasteiger partial charge on any atom is -0.490 e. The van der Waals surface area contributed by atoms with Gasteiger partial charge in [-0.15, -0.1) is 0 Å². The van der Waals surface area contributed by atoms with Crippen molar-refractivity contribution >= 4 is 35.2 Å². The van der Waals surface area contributed by atoms with Gasteiger partial charge in [0, 0.05) is 23.5 Å². The molecule has 2 atom stereocenters. The Balaban J connectivity index is 2.20. The monoisotopic (exact) mass is 386 g/mol. The van der Waals surface area contributed by atoms with E-state index >= 15 is 0 Å². The summed E-state index contributed by atoms with van der Waals surface area (Å²) in [5, 5.41) is 14.2. The summed E-state index contributed by atoms with van der Waals surface area (Å²) < 4.78 is 5.81. The highest BCUT2D eigenvalue weighted by atomic mass is 35.5. The highest BCUT2D eigenvalue weighted by molar-refractivity contribution is 6.37. The minimum atomic E-state index is -0.263. The first-order valence-electron chi connectivity index (χ1n) is 8.29. The molecule has 1 aliphatic rings. The number of hydrazone groups is 1. The Kier molecular flexibility index (Phi) is 6.72. The highest BCUT2D eigenvalue weighted by Crippen LogP contribution is 2.37. The third-order valence-corrected chi connectivity index (χ3v) is 4.84. The van der Waals surface area contributed by atoms with Gasteiger partial charge in [-0.3, -0.25) is 5.43 Å². The lowest BCUT2D eigenvalue weighted by Crippen LogP contribution is -2.37. The molecule has 2 N–H and O–H groups in total. The fraction of sp³-hybridized carbons (Fsp3) is 0.556. The molecule has 2 unspecified atom stereocenters. The van der Waals surface area contributed by atoms with Gasteiger partial charge in [0.05, 0.1) is 28.4 Å². The molecule has 2 rings (SSSR count). The second-order valence-electron chi connectivity index (χ2n) is 7.20. The van der Waals surface area contributed by atoms with Crippen molar-refractivity contribution in [2.75, 3.05) is 13.2 Å². The van der Waals surface area contributed by atoms with Crippen molar-refractivity contribution in [3.8, 4) is 5.75 Å². The molecular weight excluding hydrogens is 363 g/mol. The molecular formula is C18H24Cl2N2O3. The number of rotatable bonds is 7. The summed E-state index contributed by atoms with van der Waals surface area (Å²) in [6.07, 6.45) is 2.16. The first-order chi connectivity index (χ1) is 11.8. The van der Waals surface area contributed by atoms with Crippen molar-refractivity contribution in [3.05, 3.63) is 27.7 Å². The maximum absolute atomic E-state index is 10.9. The number of hydrogen-bond donors (Lipinski definition) is 2. The maximum atomic E-state index is 10.9. The molecule has 0 spiro atoms. The van der Waals surface area contributed by atoms with Crippen molar-refractivity contribution in [3.63, 3.8) is 0 Å². The number of aliphatic hydroxyl groups is 1. The second kappa shape index (κ2) is 8.39. The van der Waals surface area contributed by atoms with Gasteiger partial charge in [0.1, 0.15) is 6.29 Å². The molecule has 0 bridgehead atoms. The zero-order chi connectivity index (χ0) is 18.6. The molecule has 0 aliphatic carbocycles. The summed E-state index contributed by atoms with van der Waals surface area (Å²) in [5.74, 6) is 0.541. The Hall–Kier alpha value is -1.30. The number of nitrogens with one attached hydrogen (secondary N) is 1. The van der Waals surface area contributed by atoms with Crippen LogP contribution in [0.15, 0.2) is 17.2 Å². The van der Waals surface area contributed by atoms with Gasteiger partial charge in [-0.25, -0.2) is 0 Å². The van der Waals surface area contributed by atoms with Gasteiger partial charge < -0.3 is 14.6 Å². The van der Waals surface area contributed by atoms with E-state index in [0.29, 0.717) is 35.2 Å². The van der Waals surface area contributed by atoms with Crippen LogP contribution in [-0.4, -0.2) is 36.4 Å². The van der Waals surface area contributed by atoms with Crippen molar-refractivity contribution in [1.29, 1.82) is 0 Å². The number of nitrogens with zero attached hydrogens (tertiary/aromatic N) is 1. The number of aliphatic hydroxyl groups excluding tert-OH is 1. The molecule has 0 radical (unpaired) electrons. The number of halogens is 2. The molecule has 0 aromatic heterocycles. The van der Waals surface area contributed by atoms with Crippen LogP contribution in [0.1, 0.15) is 39.2 Å². The number of aldehydes is 1. The maximum Gasteiger partial charge on any atom is 0.156 e. The molecule has 138 valence electrons. The van der Waals surface area contributed by atoms with E-state index in [9.17, 15) is 4.79 Å². The topological polar surface area (TPSA) is 70.9 Å². The number of carbonyl (C=O) groups excluding carboxylic acids is 1. The van der Waals surface area contributed by atoms with Gasteiger partial charge in [-0.05, 0) is 25.0 Å². The fourth-order valence-electron chi connectivity index (χ4n) is 2.73. The van der Waals surface area contributed by atoms with E-state index in [1.165, 1.54) is 0 Å². The molecule has 25 heavy (non-hydrogen) atoms. The van der Waals surface area contributed by atoms with Crippen LogP contribution in [0.2, 0.25) is 10.0 Å². The summed E-state index contributed by atoms with van der Waals surface area (Å²) in [5.41, 5.74) is 4.28. The van der Waals surface area contributed by atoms with E-state index in [1.807, 2.05) is 20.8 Å². The predicted octanol–water partition coefficient (Wildman–Crippen LogP) is 3.68. The van der Waals surface area contributed by atoms with Crippen molar-refractivity contribution in [2.24, 2.45) is 16.4 Å². The lowest BCUT2D eigenvalue weighted by molar-refractivity contribution is -0.109. The smallest absolute Gasteiger partial charge is 0.156 e. The molecule has 0 amide bonds. The molecule has 1 aliphatic heterocycles. The summed E-state index contributed by atoms with van der Waals surface area (Å²) in [7, 11) is 0. The standard InChI is InChI=1S/C18H24Cl2N2O3/c1-11-6-13(9-24)21-22-16(11)12-7-14(19)17(15(20)8-12)25-10-18(2,3)4-5-23/h7-9,11,13,21,23H,4-6,10H2,1-3H3. The van der Waals surface area contributed by atoms with Crippen LogP contribution in [0.3, 0.4) is 0 Å². The lowest BCUT2D eigenvalue weighted by atomic mass is 9.91. The Morgan fingerprint density at radius 2 is 2.04 bits per heavy atom. The van der Waals surface area contributed by atoms with Crippen molar-refractivity contribution < 1.29 is 14.6 Å². The van der Waals surface area contributed by atoms with Crippen molar-refractivity contribution in [2.45, 2.75) is 39.7 Å². The quantitative estimate of drug-likeness (QED) is 0.701. The summed E-state index contributed by atoms with van der Waals surface area (Å²) in [4.78, 5) is 10.9. The third kappa shape index (κ3) is 5.09. The Bertz CT molecular complexity index is 639. The molecule has 5 nitrogen and oxygen atoms in total. The van der Waals surface area contributed by atoms with Gasteiger partial charge in [0.25, 0.3) is 0 Å². The fourth-order valence-corrected chi connectivity index (χ4v) is 3.33. The lowest BCUT2D eigenvalue weighted by Gasteiger charge is -2.26. The largest absolute Gasteiger partial charge is 0.490 e. The molecule has 7 heteroatoms. The Morgan fingerprint density at radius 3 is 2.56 bits per heavy atom. The summed E-state index contributed by atoms with van der Waals surface area (Å²) in [6.45, 7) is 6.52. The number of ether oxygens (including phenoxy) is 1. The van der Waals surface area contributed by atoms with Crippen LogP contribution in [0, 0.1) is 11.3 Å². The minimum absolute atomic E-state index is 0.100. The van der Waals surface area contributed by atoms with Crippen LogP contribution in [0.25, 0.3) is 0 Å². The van der Waals surface area contributed by atoms with E-state index in [-0.39, 0.29) is 24.0 Å². The molecule has 1 aromatic rings. The number of benzene rings is 1. The van der Waals surface area contributed by atoms with Crippen LogP contribution in [-0.2, 0) is 4.79 Å². The van der Waals surface area contributed by atoms with Crippen molar-refractivity contribution in [1.82, 2.24) is 5.43 Å². The van der Waals surface area contributed by atoms with Gasteiger partial charge in [0.15, 0.2) is 5.75 Å². The number of carbonyl (C=O) groups is 1. The zero-order valence-corrected chi connectivity index (χ0v) is 16.2. The van der Waals surface area contributed by atoms with E-state index in [4.69, 9.17) is 33.0 Å². The first kappa shape index (κ1) is 20.0.